The number of rotatable bonds is 2. The van der Waals surface area contributed by atoms with Crippen molar-refractivity contribution >= 4 is 17.4 Å². The number of nitrogen functional groups attached to an aromatic ring is 1. The largest absolute Gasteiger partial charge is 0.416 e. The zero-order valence-corrected chi connectivity index (χ0v) is 10.8. The molecule has 0 radical (unpaired) electrons. The minimum absolute atomic E-state index is 0.0707. The van der Waals surface area contributed by atoms with Crippen molar-refractivity contribution < 1.29 is 13.2 Å². The van der Waals surface area contributed by atoms with Gasteiger partial charge in [-0.15, -0.1) is 0 Å². The average molecular weight is 290 g/mol. The van der Waals surface area contributed by atoms with E-state index in [0.29, 0.717) is 16.9 Å². The highest BCUT2D eigenvalue weighted by atomic mass is 35.5. The maximum atomic E-state index is 12.6. The highest BCUT2D eigenvalue weighted by molar-refractivity contribution is 6.31. The van der Waals surface area contributed by atoms with Gasteiger partial charge in [-0.1, -0.05) is 11.6 Å². The number of nitrogens with two attached hydrogens (primary N) is 1. The van der Waals surface area contributed by atoms with Gasteiger partial charge in [0.25, 0.3) is 0 Å². The van der Waals surface area contributed by atoms with Gasteiger partial charge in [0.1, 0.15) is 5.82 Å². The molecule has 1 heterocycles. The highest BCUT2D eigenvalue weighted by Gasteiger charge is 2.31. The molecule has 19 heavy (non-hydrogen) atoms. The second-order valence-electron chi connectivity index (χ2n) is 4.19. The lowest BCUT2D eigenvalue weighted by molar-refractivity contribution is -0.137. The third-order valence-corrected chi connectivity index (χ3v) is 3.06. The third kappa shape index (κ3) is 3.01. The minimum atomic E-state index is -4.40. The van der Waals surface area contributed by atoms with Gasteiger partial charge in [0.15, 0.2) is 0 Å². The lowest BCUT2D eigenvalue weighted by Gasteiger charge is -2.13. The molecular weight excluding hydrogens is 279 g/mol. The van der Waals surface area contributed by atoms with Crippen LogP contribution in [0, 0.1) is 6.92 Å². The number of aromatic nitrogens is 2. The summed E-state index contributed by atoms with van der Waals surface area (Å²) < 4.78 is 39.4. The molecule has 0 amide bonds. The van der Waals surface area contributed by atoms with Gasteiger partial charge in [-0.3, -0.25) is 4.68 Å². The van der Waals surface area contributed by atoms with E-state index in [1.54, 1.807) is 19.2 Å². The van der Waals surface area contributed by atoms with Crippen molar-refractivity contribution in [1.29, 1.82) is 0 Å². The van der Waals surface area contributed by atoms with Crippen LogP contribution >= 0.6 is 11.6 Å². The van der Waals surface area contributed by atoms with Gasteiger partial charge >= 0.3 is 6.18 Å². The molecule has 7 heteroatoms. The van der Waals surface area contributed by atoms with E-state index in [-0.39, 0.29) is 11.6 Å². The number of benzene rings is 1. The molecule has 1 aromatic carbocycles. The maximum Gasteiger partial charge on any atom is 0.416 e. The summed E-state index contributed by atoms with van der Waals surface area (Å²) >= 11 is 5.93. The maximum absolute atomic E-state index is 12.6. The first-order valence-electron chi connectivity index (χ1n) is 5.42. The molecule has 0 fully saturated rings. The van der Waals surface area contributed by atoms with Crippen LogP contribution < -0.4 is 5.73 Å². The zero-order valence-electron chi connectivity index (χ0n) is 10.0. The summed E-state index contributed by atoms with van der Waals surface area (Å²) in [5.41, 5.74) is 5.79. The molecule has 0 aliphatic carbocycles. The number of halogens is 4. The Morgan fingerprint density at radius 1 is 1.37 bits per heavy atom. The quantitative estimate of drug-likeness (QED) is 0.919. The Morgan fingerprint density at radius 3 is 2.53 bits per heavy atom. The number of aryl methyl sites for hydroxylation is 1. The van der Waals surface area contributed by atoms with E-state index in [2.05, 4.69) is 5.10 Å². The van der Waals surface area contributed by atoms with E-state index in [0.717, 1.165) is 12.1 Å². The van der Waals surface area contributed by atoms with Gasteiger partial charge in [-0.05, 0) is 36.2 Å². The summed E-state index contributed by atoms with van der Waals surface area (Å²) in [6.07, 6.45) is -2.76. The number of alkyl halides is 3. The third-order valence-electron chi connectivity index (χ3n) is 2.73. The number of hydrogen-bond donors (Lipinski definition) is 1. The molecule has 0 saturated heterocycles. The molecular formula is C12H11ClF3N3. The summed E-state index contributed by atoms with van der Waals surface area (Å²) in [6.45, 7) is 1.86. The van der Waals surface area contributed by atoms with Gasteiger partial charge in [-0.25, -0.2) is 0 Å². The molecule has 2 N–H and O–H groups in total. The van der Waals surface area contributed by atoms with Crippen LogP contribution in [-0.4, -0.2) is 9.78 Å². The van der Waals surface area contributed by atoms with Gasteiger partial charge < -0.3 is 5.73 Å². The van der Waals surface area contributed by atoms with Crippen molar-refractivity contribution in [3.05, 3.63) is 46.1 Å². The summed E-state index contributed by atoms with van der Waals surface area (Å²) in [5, 5.41) is 4.04. The fraction of sp³-hybridized carbons (Fsp3) is 0.250. The van der Waals surface area contributed by atoms with Crippen LogP contribution in [0.3, 0.4) is 0 Å². The molecule has 2 aromatic rings. The van der Waals surface area contributed by atoms with Gasteiger partial charge in [0.05, 0.1) is 12.1 Å². The van der Waals surface area contributed by atoms with Crippen LogP contribution in [-0.2, 0) is 12.7 Å². The SMILES string of the molecule is Cc1cc(C(F)(F)F)cc(Cl)c1Cn1ccc(N)n1. The Morgan fingerprint density at radius 2 is 2.05 bits per heavy atom. The first-order valence-corrected chi connectivity index (χ1v) is 5.80. The highest BCUT2D eigenvalue weighted by Crippen LogP contribution is 2.34. The molecule has 0 bridgehead atoms. The lowest BCUT2D eigenvalue weighted by Crippen LogP contribution is -2.09. The molecule has 0 unspecified atom stereocenters. The van der Waals surface area contributed by atoms with Gasteiger partial charge in [0, 0.05) is 11.2 Å². The van der Waals surface area contributed by atoms with Crippen LogP contribution in [0.15, 0.2) is 24.4 Å². The van der Waals surface area contributed by atoms with Gasteiger partial charge in [0.2, 0.25) is 0 Å². The Bertz CT molecular complexity index is 582. The molecule has 0 spiro atoms. The molecule has 2 rings (SSSR count). The summed E-state index contributed by atoms with van der Waals surface area (Å²) in [5.74, 6) is 0.348. The van der Waals surface area contributed by atoms with E-state index in [9.17, 15) is 13.2 Å². The normalized spacial score (nSPS) is 11.8. The summed E-state index contributed by atoms with van der Waals surface area (Å²) in [4.78, 5) is 0. The molecule has 0 saturated carbocycles. The molecule has 0 aliphatic rings. The summed E-state index contributed by atoms with van der Waals surface area (Å²) in [6, 6.07) is 3.61. The van der Waals surface area contributed by atoms with Crippen molar-refractivity contribution in [2.24, 2.45) is 0 Å². The number of nitrogens with zero attached hydrogens (tertiary/aromatic N) is 2. The number of anilines is 1. The predicted molar refractivity (Wildman–Crippen MR) is 66.9 cm³/mol. The molecule has 3 nitrogen and oxygen atoms in total. The zero-order chi connectivity index (χ0) is 14.2. The fourth-order valence-corrected chi connectivity index (χ4v) is 2.09. The van der Waals surface area contributed by atoms with Crippen LogP contribution in [0.5, 0.6) is 0 Å². The molecule has 0 aliphatic heterocycles. The molecule has 102 valence electrons. The Kier molecular flexibility index (Phi) is 3.45. The van der Waals surface area contributed by atoms with Crippen LogP contribution in [0.2, 0.25) is 5.02 Å². The van der Waals surface area contributed by atoms with Crippen molar-refractivity contribution in [3.8, 4) is 0 Å². The van der Waals surface area contributed by atoms with Crippen molar-refractivity contribution in [2.75, 3.05) is 5.73 Å². The van der Waals surface area contributed by atoms with Crippen molar-refractivity contribution in [3.63, 3.8) is 0 Å². The Balaban J connectivity index is 2.37. The minimum Gasteiger partial charge on any atom is -0.382 e. The van der Waals surface area contributed by atoms with E-state index < -0.39 is 11.7 Å². The standard InChI is InChI=1S/C12H11ClF3N3/c1-7-4-8(12(14,15)16)5-10(13)9(7)6-19-3-2-11(17)18-19/h2-5H,6H2,1H3,(H2,17,18). The average Bonchev–Trinajstić information content (AvgIpc) is 2.68. The first kappa shape index (κ1) is 13.7. The number of hydrogen-bond acceptors (Lipinski definition) is 2. The molecule has 0 atom stereocenters. The van der Waals surface area contributed by atoms with Crippen LogP contribution in [0.4, 0.5) is 19.0 Å². The van der Waals surface area contributed by atoms with Gasteiger partial charge in [-0.2, -0.15) is 18.3 Å². The summed E-state index contributed by atoms with van der Waals surface area (Å²) in [7, 11) is 0. The van der Waals surface area contributed by atoms with E-state index in [4.69, 9.17) is 17.3 Å². The Labute approximate surface area is 112 Å². The second kappa shape index (κ2) is 4.77. The second-order valence-corrected chi connectivity index (χ2v) is 4.60. The van der Waals surface area contributed by atoms with Crippen molar-refractivity contribution in [2.45, 2.75) is 19.6 Å². The first-order chi connectivity index (χ1) is 8.77. The monoisotopic (exact) mass is 289 g/mol. The van der Waals surface area contributed by atoms with Crippen molar-refractivity contribution in [1.82, 2.24) is 9.78 Å². The van der Waals surface area contributed by atoms with E-state index >= 15 is 0 Å². The predicted octanol–water partition coefficient (Wildman–Crippen LogP) is 3.49. The smallest absolute Gasteiger partial charge is 0.382 e. The molecule has 1 aromatic heterocycles. The Hall–Kier alpha value is -1.69. The van der Waals surface area contributed by atoms with Crippen LogP contribution in [0.25, 0.3) is 0 Å². The van der Waals surface area contributed by atoms with Crippen LogP contribution in [0.1, 0.15) is 16.7 Å². The fourth-order valence-electron chi connectivity index (χ4n) is 1.77. The lowest BCUT2D eigenvalue weighted by atomic mass is 10.0. The topological polar surface area (TPSA) is 43.8 Å². The van der Waals surface area contributed by atoms with E-state index in [1.807, 2.05) is 0 Å². The van der Waals surface area contributed by atoms with E-state index in [1.165, 1.54) is 4.68 Å².